The SMILES string of the molecule is COc1ccccc1CNC(=O)N(CCN(C)C)Cc1ccc(C(=O)Nc2cscc2NC(=O)OC(C)(C)C)nc1. The highest BCUT2D eigenvalue weighted by molar-refractivity contribution is 7.09. The third-order valence-corrected chi connectivity index (χ3v) is 6.45. The Bertz CT molecular complexity index is 1320. The summed E-state index contributed by atoms with van der Waals surface area (Å²) in [7, 11) is 5.49. The zero-order valence-corrected chi connectivity index (χ0v) is 25.1. The molecule has 3 rings (SSSR count). The minimum absolute atomic E-state index is 0.198. The molecule has 0 saturated heterocycles. The monoisotopic (exact) mass is 582 g/mol. The van der Waals surface area contributed by atoms with Gasteiger partial charge in [0, 0.05) is 48.7 Å². The molecule has 0 aliphatic heterocycles. The number of benzene rings is 1. The van der Waals surface area contributed by atoms with E-state index in [0.29, 0.717) is 43.3 Å². The third kappa shape index (κ3) is 10.1. The van der Waals surface area contributed by atoms with Crippen molar-refractivity contribution in [2.45, 2.75) is 39.5 Å². The number of thiophene rings is 1. The van der Waals surface area contributed by atoms with Crippen molar-refractivity contribution in [1.29, 1.82) is 0 Å². The van der Waals surface area contributed by atoms with E-state index in [0.717, 1.165) is 11.1 Å². The van der Waals surface area contributed by atoms with Gasteiger partial charge in [-0.1, -0.05) is 24.3 Å². The average molecular weight is 583 g/mol. The topological polar surface area (TPSA) is 125 Å². The number of para-hydroxylation sites is 1. The summed E-state index contributed by atoms with van der Waals surface area (Å²) in [5, 5.41) is 11.8. The maximum atomic E-state index is 13.1. The van der Waals surface area contributed by atoms with Crippen LogP contribution in [-0.2, 0) is 17.8 Å². The first-order valence-corrected chi connectivity index (χ1v) is 14.0. The fourth-order valence-corrected chi connectivity index (χ4v) is 4.38. The van der Waals surface area contributed by atoms with E-state index in [4.69, 9.17) is 9.47 Å². The Kier molecular flexibility index (Phi) is 11.1. The smallest absolute Gasteiger partial charge is 0.412 e. The number of urea groups is 1. The Morgan fingerprint density at radius 3 is 2.32 bits per heavy atom. The molecular formula is C29H38N6O5S. The Morgan fingerprint density at radius 1 is 0.976 bits per heavy atom. The molecule has 41 heavy (non-hydrogen) atoms. The van der Waals surface area contributed by atoms with Crippen molar-refractivity contribution in [3.8, 4) is 5.75 Å². The summed E-state index contributed by atoms with van der Waals surface area (Å²) in [4.78, 5) is 46.1. The number of hydrogen-bond donors (Lipinski definition) is 3. The van der Waals surface area contributed by atoms with Crippen LogP contribution in [0, 0.1) is 0 Å². The molecule has 2 heterocycles. The number of rotatable bonds is 11. The van der Waals surface area contributed by atoms with Gasteiger partial charge in [-0.15, -0.1) is 11.3 Å². The summed E-state index contributed by atoms with van der Waals surface area (Å²) in [5.74, 6) is 0.280. The van der Waals surface area contributed by atoms with Crippen LogP contribution in [0.5, 0.6) is 5.75 Å². The first kappa shape index (κ1) is 31.4. The summed E-state index contributed by atoms with van der Waals surface area (Å²) < 4.78 is 10.7. The van der Waals surface area contributed by atoms with Crippen LogP contribution in [-0.4, -0.2) is 72.7 Å². The van der Waals surface area contributed by atoms with Gasteiger partial charge in [0.15, 0.2) is 0 Å². The van der Waals surface area contributed by atoms with E-state index in [1.807, 2.05) is 43.3 Å². The van der Waals surface area contributed by atoms with Gasteiger partial charge in [0.05, 0.1) is 18.5 Å². The number of methoxy groups -OCH3 is 1. The number of carbonyl (C=O) groups excluding carboxylic acids is 3. The maximum Gasteiger partial charge on any atom is 0.412 e. The van der Waals surface area contributed by atoms with E-state index in [9.17, 15) is 14.4 Å². The zero-order chi connectivity index (χ0) is 30.0. The van der Waals surface area contributed by atoms with Crippen LogP contribution in [0.2, 0.25) is 0 Å². The molecule has 11 nitrogen and oxygen atoms in total. The van der Waals surface area contributed by atoms with E-state index < -0.39 is 17.6 Å². The summed E-state index contributed by atoms with van der Waals surface area (Å²) in [6.07, 6.45) is 0.970. The Morgan fingerprint density at radius 2 is 1.68 bits per heavy atom. The molecule has 0 aliphatic carbocycles. The second-order valence-electron chi connectivity index (χ2n) is 10.5. The third-order valence-electron chi connectivity index (χ3n) is 5.70. The van der Waals surface area contributed by atoms with Gasteiger partial charge in [-0.05, 0) is 52.6 Å². The zero-order valence-electron chi connectivity index (χ0n) is 24.3. The van der Waals surface area contributed by atoms with Crippen molar-refractivity contribution in [3.05, 3.63) is 70.2 Å². The largest absolute Gasteiger partial charge is 0.496 e. The van der Waals surface area contributed by atoms with Crippen LogP contribution in [0.4, 0.5) is 21.0 Å². The molecule has 0 bridgehead atoms. The summed E-state index contributed by atoms with van der Waals surface area (Å²) in [6.45, 7) is 7.13. The van der Waals surface area contributed by atoms with Gasteiger partial charge in [-0.3, -0.25) is 15.1 Å². The second-order valence-corrected chi connectivity index (χ2v) is 11.3. The number of nitrogens with zero attached hydrogens (tertiary/aromatic N) is 3. The van der Waals surface area contributed by atoms with Crippen molar-refractivity contribution in [3.63, 3.8) is 0 Å². The molecule has 4 amide bonds. The average Bonchev–Trinajstić information content (AvgIpc) is 3.34. The minimum Gasteiger partial charge on any atom is -0.496 e. The molecule has 0 saturated carbocycles. The first-order chi connectivity index (χ1) is 19.4. The number of nitrogens with one attached hydrogen (secondary N) is 3. The van der Waals surface area contributed by atoms with Gasteiger partial charge in [0.25, 0.3) is 5.91 Å². The highest BCUT2D eigenvalue weighted by Crippen LogP contribution is 2.27. The minimum atomic E-state index is -0.645. The number of hydrogen-bond acceptors (Lipinski definition) is 8. The lowest BCUT2D eigenvalue weighted by Crippen LogP contribution is -2.42. The predicted molar refractivity (Wildman–Crippen MR) is 161 cm³/mol. The molecule has 12 heteroatoms. The summed E-state index contributed by atoms with van der Waals surface area (Å²) in [5.41, 5.74) is 2.08. The number of aromatic nitrogens is 1. The second kappa shape index (κ2) is 14.5. The van der Waals surface area contributed by atoms with Crippen molar-refractivity contribution in [2.75, 3.05) is 44.9 Å². The standard InChI is InChI=1S/C29H38N6O5S/c1-29(2,3)40-28(38)33-24-19-41-18-23(24)32-26(36)22-12-11-20(15-30-22)17-35(14-13-34(4)5)27(37)31-16-21-9-7-8-10-25(21)39-6/h7-12,15,18-19H,13-14,16-17H2,1-6H3,(H,31,37)(H,32,36)(H,33,38). The fourth-order valence-electron chi connectivity index (χ4n) is 3.67. The molecule has 0 unspecified atom stereocenters. The molecular weight excluding hydrogens is 544 g/mol. The normalized spacial score (nSPS) is 11.1. The van der Waals surface area contributed by atoms with Crippen molar-refractivity contribution in [2.24, 2.45) is 0 Å². The molecule has 0 aliphatic rings. The van der Waals surface area contributed by atoms with Gasteiger partial charge < -0.3 is 29.9 Å². The number of ether oxygens (including phenoxy) is 2. The van der Waals surface area contributed by atoms with Crippen LogP contribution in [0.3, 0.4) is 0 Å². The van der Waals surface area contributed by atoms with E-state index in [1.54, 1.807) is 61.9 Å². The van der Waals surface area contributed by atoms with Gasteiger partial charge in [-0.25, -0.2) is 9.59 Å². The van der Waals surface area contributed by atoms with Gasteiger partial charge in [-0.2, -0.15) is 0 Å². The molecule has 0 radical (unpaired) electrons. The number of pyridine rings is 1. The Balaban J connectivity index is 1.63. The van der Waals surface area contributed by atoms with Crippen LogP contribution >= 0.6 is 11.3 Å². The lowest BCUT2D eigenvalue weighted by molar-refractivity contribution is 0.0635. The van der Waals surface area contributed by atoms with Crippen LogP contribution in [0.15, 0.2) is 53.4 Å². The summed E-state index contributed by atoms with van der Waals surface area (Å²) in [6, 6.07) is 10.7. The Hall–Kier alpha value is -4.16. The quantitative estimate of drug-likeness (QED) is 0.290. The van der Waals surface area contributed by atoms with Gasteiger partial charge >= 0.3 is 12.1 Å². The molecule has 3 N–H and O–H groups in total. The fraction of sp³-hybridized carbons (Fsp3) is 0.379. The highest BCUT2D eigenvalue weighted by Gasteiger charge is 2.19. The molecule has 1 aromatic carbocycles. The van der Waals surface area contributed by atoms with Crippen molar-refractivity contribution in [1.82, 2.24) is 20.1 Å². The van der Waals surface area contributed by atoms with Crippen LogP contribution in [0.1, 0.15) is 42.4 Å². The lowest BCUT2D eigenvalue weighted by atomic mass is 10.2. The molecule has 0 spiro atoms. The summed E-state index contributed by atoms with van der Waals surface area (Å²) >= 11 is 1.33. The van der Waals surface area contributed by atoms with E-state index in [1.165, 1.54) is 11.3 Å². The van der Waals surface area contributed by atoms with E-state index in [2.05, 4.69) is 20.9 Å². The first-order valence-electron chi connectivity index (χ1n) is 13.1. The number of anilines is 2. The Labute approximate surface area is 244 Å². The van der Waals surface area contributed by atoms with E-state index >= 15 is 0 Å². The van der Waals surface area contributed by atoms with Crippen LogP contribution < -0.4 is 20.7 Å². The highest BCUT2D eigenvalue weighted by atomic mass is 32.1. The van der Waals surface area contributed by atoms with Crippen molar-refractivity contribution >= 4 is 40.7 Å². The van der Waals surface area contributed by atoms with Gasteiger partial charge in [0.1, 0.15) is 17.0 Å². The molecule has 0 atom stereocenters. The maximum absolute atomic E-state index is 13.1. The lowest BCUT2D eigenvalue weighted by Gasteiger charge is -2.25. The van der Waals surface area contributed by atoms with Crippen molar-refractivity contribution < 1.29 is 23.9 Å². The number of carbonyl (C=O) groups is 3. The molecule has 3 aromatic rings. The van der Waals surface area contributed by atoms with Gasteiger partial charge in [0.2, 0.25) is 0 Å². The van der Waals surface area contributed by atoms with Crippen LogP contribution in [0.25, 0.3) is 0 Å². The number of amides is 4. The predicted octanol–water partition coefficient (Wildman–Crippen LogP) is 5.02. The molecule has 0 fully saturated rings. The molecule has 220 valence electrons. The number of likely N-dealkylation sites (N-methyl/N-ethyl adjacent to an activating group) is 1. The van der Waals surface area contributed by atoms with E-state index in [-0.39, 0.29) is 11.7 Å². The molecule has 2 aromatic heterocycles.